The standard InChI is InChI=1S/C15H20N6O/c16-11-6-8-20(9-7-11)13-3-1-2-12-17-15(19-21(12)13)18-14(22)10-4-5-10/h1-3,10-11H,4-9,16H2,(H,18,19,22). The van der Waals surface area contributed by atoms with Gasteiger partial charge in [0.1, 0.15) is 5.82 Å². The fourth-order valence-electron chi connectivity index (χ4n) is 2.87. The van der Waals surface area contributed by atoms with E-state index in [0.29, 0.717) is 12.0 Å². The molecule has 2 fully saturated rings. The lowest BCUT2D eigenvalue weighted by Gasteiger charge is -2.31. The fourth-order valence-corrected chi connectivity index (χ4v) is 2.87. The molecule has 2 aromatic heterocycles. The first-order valence-corrected chi connectivity index (χ1v) is 7.88. The largest absolute Gasteiger partial charge is 0.356 e. The van der Waals surface area contributed by atoms with Crippen molar-refractivity contribution in [1.82, 2.24) is 14.6 Å². The highest BCUT2D eigenvalue weighted by Crippen LogP contribution is 2.30. The van der Waals surface area contributed by atoms with E-state index in [1.54, 1.807) is 4.52 Å². The molecule has 1 saturated heterocycles. The van der Waals surface area contributed by atoms with Gasteiger partial charge < -0.3 is 10.6 Å². The van der Waals surface area contributed by atoms with E-state index in [1.165, 1.54) is 0 Å². The van der Waals surface area contributed by atoms with Gasteiger partial charge in [-0.3, -0.25) is 10.1 Å². The maximum Gasteiger partial charge on any atom is 0.249 e. The lowest BCUT2D eigenvalue weighted by Crippen LogP contribution is -2.40. The van der Waals surface area contributed by atoms with E-state index in [1.807, 2.05) is 18.2 Å². The Hall–Kier alpha value is -2.15. The van der Waals surface area contributed by atoms with Crippen LogP contribution in [0.1, 0.15) is 25.7 Å². The highest BCUT2D eigenvalue weighted by Gasteiger charge is 2.30. The summed E-state index contributed by atoms with van der Waals surface area (Å²) in [5.41, 5.74) is 6.72. The third kappa shape index (κ3) is 2.52. The predicted octanol–water partition coefficient (Wildman–Crippen LogP) is 1.01. The van der Waals surface area contributed by atoms with Crippen LogP contribution in [-0.2, 0) is 4.79 Å². The van der Waals surface area contributed by atoms with Crippen molar-refractivity contribution in [3.05, 3.63) is 18.2 Å². The van der Waals surface area contributed by atoms with Crippen LogP contribution in [0.3, 0.4) is 0 Å². The number of nitrogens with two attached hydrogens (primary N) is 1. The summed E-state index contributed by atoms with van der Waals surface area (Å²) in [6.07, 6.45) is 3.91. The predicted molar refractivity (Wildman–Crippen MR) is 83.8 cm³/mol. The fraction of sp³-hybridized carbons (Fsp3) is 0.533. The molecular formula is C15H20N6O. The molecule has 1 aliphatic heterocycles. The number of nitrogens with one attached hydrogen (secondary N) is 1. The summed E-state index contributed by atoms with van der Waals surface area (Å²) >= 11 is 0. The molecule has 4 rings (SSSR count). The van der Waals surface area contributed by atoms with Crippen LogP contribution in [0.15, 0.2) is 18.2 Å². The van der Waals surface area contributed by atoms with Crippen molar-refractivity contribution in [2.45, 2.75) is 31.7 Å². The van der Waals surface area contributed by atoms with Gasteiger partial charge in [-0.05, 0) is 37.8 Å². The Labute approximate surface area is 128 Å². The molecule has 0 spiro atoms. The van der Waals surface area contributed by atoms with E-state index < -0.39 is 0 Å². The number of pyridine rings is 1. The number of rotatable bonds is 3. The molecule has 1 aliphatic carbocycles. The lowest BCUT2D eigenvalue weighted by atomic mass is 10.1. The average Bonchev–Trinajstić information content (AvgIpc) is 3.28. The molecule has 2 aliphatic rings. The topological polar surface area (TPSA) is 88.5 Å². The maximum absolute atomic E-state index is 11.8. The van der Waals surface area contributed by atoms with Gasteiger partial charge in [-0.1, -0.05) is 6.07 Å². The second kappa shape index (κ2) is 5.24. The summed E-state index contributed by atoms with van der Waals surface area (Å²) in [6, 6.07) is 6.20. The van der Waals surface area contributed by atoms with Gasteiger partial charge in [0, 0.05) is 25.0 Å². The van der Waals surface area contributed by atoms with Gasteiger partial charge in [-0.15, -0.1) is 5.10 Å². The smallest absolute Gasteiger partial charge is 0.249 e. The molecule has 0 atom stereocenters. The molecule has 1 amide bonds. The van der Waals surface area contributed by atoms with Crippen LogP contribution in [0.2, 0.25) is 0 Å². The third-order valence-corrected chi connectivity index (χ3v) is 4.39. The second-order valence-electron chi connectivity index (χ2n) is 6.18. The van der Waals surface area contributed by atoms with Gasteiger partial charge in [0.05, 0.1) is 0 Å². The summed E-state index contributed by atoms with van der Waals surface area (Å²) in [5.74, 6) is 1.57. The normalized spacial score (nSPS) is 19.6. The minimum absolute atomic E-state index is 0.0291. The zero-order chi connectivity index (χ0) is 15.1. The molecule has 0 radical (unpaired) electrons. The Bertz CT molecular complexity index is 699. The van der Waals surface area contributed by atoms with Gasteiger partial charge >= 0.3 is 0 Å². The second-order valence-corrected chi connectivity index (χ2v) is 6.18. The molecule has 22 heavy (non-hydrogen) atoms. The zero-order valence-electron chi connectivity index (χ0n) is 12.4. The highest BCUT2D eigenvalue weighted by atomic mass is 16.2. The molecular weight excluding hydrogens is 280 g/mol. The summed E-state index contributed by atoms with van der Waals surface area (Å²) in [5, 5.41) is 7.27. The molecule has 116 valence electrons. The summed E-state index contributed by atoms with van der Waals surface area (Å²) in [6.45, 7) is 1.84. The number of nitrogens with zero attached hydrogens (tertiary/aromatic N) is 4. The Morgan fingerprint density at radius 3 is 2.73 bits per heavy atom. The first kappa shape index (κ1) is 13.5. The molecule has 0 aromatic carbocycles. The summed E-state index contributed by atoms with van der Waals surface area (Å²) in [7, 11) is 0. The number of piperidine rings is 1. The van der Waals surface area contributed by atoms with Crippen molar-refractivity contribution in [2.75, 3.05) is 23.3 Å². The highest BCUT2D eigenvalue weighted by molar-refractivity contribution is 5.92. The number of amides is 1. The van der Waals surface area contributed by atoms with Crippen molar-refractivity contribution in [2.24, 2.45) is 11.7 Å². The van der Waals surface area contributed by atoms with E-state index in [4.69, 9.17) is 5.73 Å². The Morgan fingerprint density at radius 1 is 1.23 bits per heavy atom. The minimum Gasteiger partial charge on any atom is -0.356 e. The van der Waals surface area contributed by atoms with Crippen LogP contribution in [0.25, 0.3) is 5.65 Å². The summed E-state index contributed by atoms with van der Waals surface area (Å²) in [4.78, 5) is 18.5. The molecule has 7 heteroatoms. The van der Waals surface area contributed by atoms with Gasteiger partial charge in [0.2, 0.25) is 11.9 Å². The molecule has 3 N–H and O–H groups in total. The molecule has 7 nitrogen and oxygen atoms in total. The number of hydrogen-bond acceptors (Lipinski definition) is 5. The van der Waals surface area contributed by atoms with E-state index in [9.17, 15) is 4.79 Å². The number of aromatic nitrogens is 3. The first-order chi connectivity index (χ1) is 10.7. The SMILES string of the molecule is NC1CCN(c2cccc3nc(NC(=O)C4CC4)nn23)CC1. The van der Waals surface area contributed by atoms with Gasteiger partial charge in [0.15, 0.2) is 5.65 Å². The van der Waals surface area contributed by atoms with Crippen LogP contribution in [0, 0.1) is 5.92 Å². The van der Waals surface area contributed by atoms with Crippen LogP contribution in [0.5, 0.6) is 0 Å². The monoisotopic (exact) mass is 300 g/mol. The van der Waals surface area contributed by atoms with Crippen LogP contribution in [0.4, 0.5) is 11.8 Å². The number of carbonyl (C=O) groups is 1. The summed E-state index contributed by atoms with van der Waals surface area (Å²) < 4.78 is 1.80. The maximum atomic E-state index is 11.8. The van der Waals surface area contributed by atoms with Crippen molar-refractivity contribution < 1.29 is 4.79 Å². The number of anilines is 2. The molecule has 1 saturated carbocycles. The van der Waals surface area contributed by atoms with Crippen LogP contribution < -0.4 is 16.0 Å². The van der Waals surface area contributed by atoms with Crippen molar-refractivity contribution in [3.63, 3.8) is 0 Å². The lowest BCUT2D eigenvalue weighted by molar-refractivity contribution is -0.117. The Morgan fingerprint density at radius 2 is 2.00 bits per heavy atom. The molecule has 2 aromatic rings. The number of fused-ring (bicyclic) bond motifs is 1. The third-order valence-electron chi connectivity index (χ3n) is 4.39. The molecule has 3 heterocycles. The Kier molecular flexibility index (Phi) is 3.22. The average molecular weight is 300 g/mol. The van der Waals surface area contributed by atoms with Gasteiger partial charge in [0.25, 0.3) is 0 Å². The van der Waals surface area contributed by atoms with Crippen molar-refractivity contribution >= 4 is 23.3 Å². The van der Waals surface area contributed by atoms with E-state index in [0.717, 1.165) is 50.2 Å². The number of hydrogen-bond donors (Lipinski definition) is 2. The van der Waals surface area contributed by atoms with E-state index in [-0.39, 0.29) is 11.8 Å². The molecule has 0 bridgehead atoms. The van der Waals surface area contributed by atoms with E-state index in [2.05, 4.69) is 20.3 Å². The Balaban J connectivity index is 1.61. The quantitative estimate of drug-likeness (QED) is 0.883. The minimum atomic E-state index is 0.0291. The van der Waals surface area contributed by atoms with Crippen molar-refractivity contribution in [1.29, 1.82) is 0 Å². The van der Waals surface area contributed by atoms with Crippen molar-refractivity contribution in [3.8, 4) is 0 Å². The van der Waals surface area contributed by atoms with Gasteiger partial charge in [-0.25, -0.2) is 0 Å². The molecule has 0 unspecified atom stereocenters. The van der Waals surface area contributed by atoms with Gasteiger partial charge in [-0.2, -0.15) is 9.50 Å². The van der Waals surface area contributed by atoms with Crippen LogP contribution in [-0.4, -0.2) is 39.6 Å². The first-order valence-electron chi connectivity index (χ1n) is 7.88. The van der Waals surface area contributed by atoms with E-state index >= 15 is 0 Å². The zero-order valence-corrected chi connectivity index (χ0v) is 12.4. The number of carbonyl (C=O) groups excluding carboxylic acids is 1. The van der Waals surface area contributed by atoms with Crippen LogP contribution >= 0.6 is 0 Å².